The molecule has 1 aromatic carbocycles. The highest BCUT2D eigenvalue weighted by molar-refractivity contribution is 6.21. The van der Waals surface area contributed by atoms with E-state index in [0.29, 0.717) is 33.4 Å². The number of ketones is 1. The summed E-state index contributed by atoms with van der Waals surface area (Å²) in [5.74, 6) is -1.54. The number of Topliss-reactive ketones (excluding diaryl/α,β-unsaturated/α-hetero) is 1. The van der Waals surface area contributed by atoms with Gasteiger partial charge in [-0.15, -0.1) is 0 Å². The van der Waals surface area contributed by atoms with E-state index < -0.39 is 5.92 Å². The lowest BCUT2D eigenvalue weighted by Gasteiger charge is -2.35. The van der Waals surface area contributed by atoms with E-state index in [1.807, 2.05) is 13.0 Å². The maximum Gasteiger partial charge on any atom is 0.252 e. The molecule has 6 nitrogen and oxygen atoms in total. The smallest absolute Gasteiger partial charge is 0.252 e. The van der Waals surface area contributed by atoms with Gasteiger partial charge in [0.15, 0.2) is 12.1 Å². The van der Waals surface area contributed by atoms with E-state index >= 15 is 0 Å². The number of nitriles is 2. The average Bonchev–Trinajstić information content (AvgIpc) is 2.67. The van der Waals surface area contributed by atoms with Crippen molar-refractivity contribution in [1.29, 1.82) is 10.5 Å². The lowest BCUT2D eigenvalue weighted by atomic mass is 9.76. The molecule has 0 saturated carbocycles. The molecule has 0 saturated heterocycles. The molecule has 2 aliphatic rings. The van der Waals surface area contributed by atoms with Gasteiger partial charge >= 0.3 is 0 Å². The van der Waals surface area contributed by atoms with E-state index in [0.717, 1.165) is 0 Å². The van der Waals surface area contributed by atoms with Crippen molar-refractivity contribution in [3.05, 3.63) is 33.2 Å². The molecular weight excluding hydrogens is 342 g/mol. The normalized spacial score (nSPS) is 20.9. The second kappa shape index (κ2) is 6.48. The third-order valence-corrected chi connectivity index (χ3v) is 5.52. The Hall–Kier alpha value is -3.25. The number of rotatable bonds is 3. The molecule has 2 atom stereocenters. The van der Waals surface area contributed by atoms with E-state index in [2.05, 4.69) is 6.07 Å². The summed E-state index contributed by atoms with van der Waals surface area (Å²) in [6.07, 6.45) is 0.637. The Morgan fingerprint density at radius 2 is 2.00 bits per heavy atom. The number of carbonyl (C=O) groups excluding carboxylic acids is 3. The molecule has 6 heteroatoms. The Labute approximate surface area is 157 Å². The Bertz CT molecular complexity index is 1100. The quantitative estimate of drug-likeness (QED) is 0.747. The number of amides is 1. The second-order valence-electron chi connectivity index (χ2n) is 7.30. The number of benzene rings is 1. The molecular formula is C21H19N3O3. The number of hydrogen-bond donors (Lipinski definition) is 0. The van der Waals surface area contributed by atoms with Gasteiger partial charge < -0.3 is 4.90 Å². The fourth-order valence-electron chi connectivity index (χ4n) is 3.96. The topological polar surface area (TPSA) is 102 Å². The fourth-order valence-corrected chi connectivity index (χ4v) is 3.96. The van der Waals surface area contributed by atoms with Crippen molar-refractivity contribution >= 4 is 29.1 Å². The van der Waals surface area contributed by atoms with Crippen LogP contribution in [0.25, 0.3) is 11.1 Å². The minimum absolute atomic E-state index is 0.0684. The van der Waals surface area contributed by atoms with Gasteiger partial charge in [0, 0.05) is 34.9 Å². The molecule has 2 unspecified atom stereocenters. The summed E-state index contributed by atoms with van der Waals surface area (Å²) in [6, 6.07) is 5.46. The highest BCUT2D eigenvalue weighted by atomic mass is 16.2. The van der Waals surface area contributed by atoms with Gasteiger partial charge in [-0.1, -0.05) is 13.8 Å². The predicted molar refractivity (Wildman–Crippen MR) is 97.4 cm³/mol. The molecule has 0 fully saturated rings. The Kier molecular flexibility index (Phi) is 4.45. The van der Waals surface area contributed by atoms with Crippen LogP contribution in [0.3, 0.4) is 0 Å². The zero-order valence-corrected chi connectivity index (χ0v) is 15.7. The molecule has 1 aliphatic carbocycles. The Morgan fingerprint density at radius 3 is 2.52 bits per heavy atom. The Morgan fingerprint density at radius 1 is 1.33 bits per heavy atom. The minimum Gasteiger partial charge on any atom is -0.335 e. The van der Waals surface area contributed by atoms with Crippen molar-refractivity contribution in [1.82, 2.24) is 4.90 Å². The minimum atomic E-state index is -0.760. The van der Waals surface area contributed by atoms with Crippen LogP contribution in [0.4, 0.5) is 0 Å². The van der Waals surface area contributed by atoms with Crippen LogP contribution >= 0.6 is 0 Å². The molecule has 136 valence electrons. The van der Waals surface area contributed by atoms with Gasteiger partial charge in [-0.3, -0.25) is 14.4 Å². The summed E-state index contributed by atoms with van der Waals surface area (Å²) in [5, 5.41) is 20.1. The molecule has 0 radical (unpaired) electrons. The Balaban J connectivity index is 2.69. The fraction of sp³-hybridized carbons (Fsp3) is 0.381. The number of hydrogen-bond acceptors (Lipinski definition) is 5. The molecule has 1 aliphatic heterocycles. The van der Waals surface area contributed by atoms with Crippen LogP contribution in [0.5, 0.6) is 0 Å². The largest absolute Gasteiger partial charge is 0.335 e. The van der Waals surface area contributed by atoms with Crippen molar-refractivity contribution in [3.63, 3.8) is 0 Å². The zero-order valence-electron chi connectivity index (χ0n) is 15.7. The third kappa shape index (κ3) is 2.49. The molecule has 0 aromatic heterocycles. The van der Waals surface area contributed by atoms with Crippen LogP contribution < -0.4 is 10.4 Å². The van der Waals surface area contributed by atoms with E-state index in [9.17, 15) is 24.9 Å². The summed E-state index contributed by atoms with van der Waals surface area (Å²) < 4.78 is 0. The highest BCUT2D eigenvalue weighted by Crippen LogP contribution is 2.32. The van der Waals surface area contributed by atoms with Crippen LogP contribution in [-0.2, 0) is 9.59 Å². The predicted octanol–water partition coefficient (Wildman–Crippen LogP) is 0.974. The molecule has 1 aromatic rings. The van der Waals surface area contributed by atoms with Gasteiger partial charge in [-0.2, -0.15) is 10.5 Å². The number of carbonyl (C=O) groups is 3. The van der Waals surface area contributed by atoms with E-state index in [1.165, 1.54) is 4.90 Å². The zero-order chi connectivity index (χ0) is 20.0. The monoisotopic (exact) mass is 361 g/mol. The standard InChI is InChI=1S/C21H19N3O3/c1-10(2)20(26)15-6-13(8-23)17-19-14(11(3)24(4)21(17)27)5-12(7-22)16(9-25)18(15)19/h5,9-11,13H,6H2,1-4H3. The molecule has 1 amide bonds. The number of aldehydes is 1. The van der Waals surface area contributed by atoms with Crippen molar-refractivity contribution in [2.24, 2.45) is 11.8 Å². The second-order valence-corrected chi connectivity index (χ2v) is 7.30. The van der Waals surface area contributed by atoms with Crippen LogP contribution in [-0.4, -0.2) is 29.9 Å². The molecule has 0 bridgehead atoms. The van der Waals surface area contributed by atoms with Gasteiger partial charge in [-0.05, 0) is 30.2 Å². The van der Waals surface area contributed by atoms with E-state index in [-0.39, 0.29) is 41.2 Å². The van der Waals surface area contributed by atoms with Crippen molar-refractivity contribution in [3.8, 4) is 12.1 Å². The first-order valence-corrected chi connectivity index (χ1v) is 8.78. The van der Waals surface area contributed by atoms with Crippen LogP contribution in [0.2, 0.25) is 0 Å². The lowest BCUT2D eigenvalue weighted by molar-refractivity contribution is -0.126. The first-order chi connectivity index (χ1) is 12.8. The lowest BCUT2D eigenvalue weighted by Crippen LogP contribution is -2.52. The van der Waals surface area contributed by atoms with Gasteiger partial charge in [0.2, 0.25) is 0 Å². The summed E-state index contributed by atoms with van der Waals surface area (Å²) in [5.41, 5.74) is 1.67. The molecule has 3 rings (SSSR count). The van der Waals surface area contributed by atoms with Gasteiger partial charge in [0.25, 0.3) is 5.91 Å². The SMILES string of the molecule is CC(C)C(=O)C1=c2c(C=O)c(C#N)cc3c2=C(C(=O)N(C)C3C)C(C#N)C1. The van der Waals surface area contributed by atoms with Crippen LogP contribution in [0.1, 0.15) is 54.7 Å². The van der Waals surface area contributed by atoms with Crippen LogP contribution in [0, 0.1) is 34.5 Å². The first kappa shape index (κ1) is 18.5. The van der Waals surface area contributed by atoms with Crippen molar-refractivity contribution in [2.45, 2.75) is 33.2 Å². The van der Waals surface area contributed by atoms with Gasteiger partial charge in [-0.25, -0.2) is 0 Å². The molecule has 1 heterocycles. The van der Waals surface area contributed by atoms with Crippen molar-refractivity contribution in [2.75, 3.05) is 7.05 Å². The first-order valence-electron chi connectivity index (χ1n) is 8.78. The van der Waals surface area contributed by atoms with Gasteiger partial charge in [0.05, 0.1) is 29.7 Å². The van der Waals surface area contributed by atoms with E-state index in [1.54, 1.807) is 27.0 Å². The van der Waals surface area contributed by atoms with E-state index in [4.69, 9.17) is 0 Å². The maximum atomic E-state index is 12.9. The molecule has 0 spiro atoms. The summed E-state index contributed by atoms with van der Waals surface area (Å²) in [4.78, 5) is 39.2. The molecule has 27 heavy (non-hydrogen) atoms. The molecule has 0 N–H and O–H groups in total. The maximum absolute atomic E-state index is 12.9. The van der Waals surface area contributed by atoms with Crippen LogP contribution in [0.15, 0.2) is 6.07 Å². The highest BCUT2D eigenvalue weighted by Gasteiger charge is 2.38. The number of nitrogens with zero attached hydrogens (tertiary/aromatic N) is 3. The van der Waals surface area contributed by atoms with Gasteiger partial charge in [0.1, 0.15) is 0 Å². The van der Waals surface area contributed by atoms with Crippen molar-refractivity contribution < 1.29 is 14.4 Å². The summed E-state index contributed by atoms with van der Waals surface area (Å²) in [7, 11) is 1.65. The summed E-state index contributed by atoms with van der Waals surface area (Å²) >= 11 is 0. The average molecular weight is 361 g/mol. The summed E-state index contributed by atoms with van der Waals surface area (Å²) in [6.45, 7) is 5.32. The third-order valence-electron chi connectivity index (χ3n) is 5.52.